The predicted octanol–water partition coefficient (Wildman–Crippen LogP) is 2.49. The summed E-state index contributed by atoms with van der Waals surface area (Å²) >= 11 is 5.96. The van der Waals surface area contributed by atoms with E-state index in [1.807, 2.05) is 24.3 Å². The minimum Gasteiger partial charge on any atom is -0.356 e. The zero-order valence-corrected chi connectivity index (χ0v) is 16.4. The zero-order chi connectivity index (χ0) is 19.3. The van der Waals surface area contributed by atoms with Gasteiger partial charge in [0, 0.05) is 43.0 Å². The van der Waals surface area contributed by atoms with Crippen LogP contribution in [0.1, 0.15) is 18.4 Å². The maximum atomic E-state index is 12.6. The Bertz CT molecular complexity index is 882. The number of nitrogens with one attached hydrogen (secondary N) is 1. The van der Waals surface area contributed by atoms with E-state index in [0.717, 1.165) is 5.56 Å². The first-order valence-corrected chi connectivity index (χ1v) is 10.7. The van der Waals surface area contributed by atoms with Crippen molar-refractivity contribution in [2.75, 3.05) is 19.6 Å². The van der Waals surface area contributed by atoms with Gasteiger partial charge in [0.15, 0.2) is 0 Å². The van der Waals surface area contributed by atoms with E-state index in [4.69, 9.17) is 11.6 Å². The van der Waals surface area contributed by atoms with Gasteiger partial charge in [-0.25, -0.2) is 8.42 Å². The molecule has 8 heteroatoms. The largest absolute Gasteiger partial charge is 0.356 e. The van der Waals surface area contributed by atoms with Gasteiger partial charge in [0.25, 0.3) is 0 Å². The standard InChI is InChI=1S/C19H22ClN3O3S/c20-17-4-1-3-15(13-17)6-10-22-19(24)16-7-11-23(12-8-16)27(25,26)18-5-2-9-21-14-18/h1-5,9,13-14,16H,6-8,10-12H2,(H,22,24). The van der Waals surface area contributed by atoms with Crippen molar-refractivity contribution in [3.8, 4) is 0 Å². The molecule has 1 saturated heterocycles. The fourth-order valence-corrected chi connectivity index (χ4v) is 4.82. The third-order valence-corrected chi connectivity index (χ3v) is 6.82. The smallest absolute Gasteiger partial charge is 0.244 e. The Morgan fingerprint density at radius 2 is 2.00 bits per heavy atom. The van der Waals surface area contributed by atoms with E-state index in [9.17, 15) is 13.2 Å². The minimum atomic E-state index is -3.54. The second-order valence-electron chi connectivity index (χ2n) is 6.54. The molecule has 1 fully saturated rings. The Labute approximate surface area is 164 Å². The monoisotopic (exact) mass is 407 g/mol. The highest BCUT2D eigenvalue weighted by atomic mass is 35.5. The molecule has 0 radical (unpaired) electrons. The third kappa shape index (κ3) is 5.06. The number of halogens is 1. The molecule has 2 heterocycles. The second-order valence-corrected chi connectivity index (χ2v) is 8.91. The minimum absolute atomic E-state index is 0.0181. The van der Waals surface area contributed by atoms with E-state index < -0.39 is 10.0 Å². The van der Waals surface area contributed by atoms with Crippen LogP contribution in [0.5, 0.6) is 0 Å². The molecule has 6 nitrogen and oxygen atoms in total. The lowest BCUT2D eigenvalue weighted by atomic mass is 9.97. The normalized spacial score (nSPS) is 16.2. The zero-order valence-electron chi connectivity index (χ0n) is 14.8. The van der Waals surface area contributed by atoms with E-state index >= 15 is 0 Å². The van der Waals surface area contributed by atoms with Crippen LogP contribution in [0.4, 0.5) is 0 Å². The Morgan fingerprint density at radius 3 is 2.67 bits per heavy atom. The molecule has 1 amide bonds. The summed E-state index contributed by atoms with van der Waals surface area (Å²) in [4.78, 5) is 16.4. The molecular weight excluding hydrogens is 386 g/mol. The molecule has 1 N–H and O–H groups in total. The molecule has 1 aliphatic rings. The SMILES string of the molecule is O=C(NCCc1cccc(Cl)c1)C1CCN(S(=O)(=O)c2cccnc2)CC1. The van der Waals surface area contributed by atoms with Crippen LogP contribution in [0.2, 0.25) is 5.02 Å². The molecular formula is C19H22ClN3O3S. The van der Waals surface area contributed by atoms with Gasteiger partial charge in [0.05, 0.1) is 0 Å². The van der Waals surface area contributed by atoms with Gasteiger partial charge in [0.2, 0.25) is 15.9 Å². The topological polar surface area (TPSA) is 79.4 Å². The summed E-state index contributed by atoms with van der Waals surface area (Å²) in [5.41, 5.74) is 1.07. The summed E-state index contributed by atoms with van der Waals surface area (Å²) in [6.07, 6.45) is 4.63. The van der Waals surface area contributed by atoms with E-state index in [1.165, 1.54) is 16.6 Å². The lowest BCUT2D eigenvalue weighted by Crippen LogP contribution is -2.43. The summed E-state index contributed by atoms with van der Waals surface area (Å²) in [6.45, 7) is 1.21. The van der Waals surface area contributed by atoms with Crippen molar-refractivity contribution >= 4 is 27.5 Å². The number of rotatable bonds is 6. The summed E-state index contributed by atoms with van der Waals surface area (Å²) < 4.78 is 26.6. The molecule has 0 atom stereocenters. The Morgan fingerprint density at radius 1 is 1.22 bits per heavy atom. The van der Waals surface area contributed by atoms with Crippen molar-refractivity contribution < 1.29 is 13.2 Å². The number of carbonyl (C=O) groups excluding carboxylic acids is 1. The van der Waals surface area contributed by atoms with Crippen LogP contribution >= 0.6 is 11.6 Å². The van der Waals surface area contributed by atoms with Crippen LogP contribution in [0.3, 0.4) is 0 Å². The van der Waals surface area contributed by atoms with Crippen LogP contribution in [-0.4, -0.2) is 43.2 Å². The molecule has 3 rings (SSSR count). The highest BCUT2D eigenvalue weighted by Crippen LogP contribution is 2.23. The van der Waals surface area contributed by atoms with Crippen LogP contribution in [-0.2, 0) is 21.2 Å². The van der Waals surface area contributed by atoms with Gasteiger partial charge in [0.1, 0.15) is 4.90 Å². The van der Waals surface area contributed by atoms with Crippen LogP contribution in [0.15, 0.2) is 53.7 Å². The number of sulfonamides is 1. The molecule has 27 heavy (non-hydrogen) atoms. The van der Waals surface area contributed by atoms with E-state index in [-0.39, 0.29) is 16.7 Å². The molecule has 144 valence electrons. The van der Waals surface area contributed by atoms with Crippen LogP contribution in [0, 0.1) is 5.92 Å². The van der Waals surface area contributed by atoms with Crippen molar-refractivity contribution in [2.45, 2.75) is 24.2 Å². The molecule has 2 aromatic rings. The number of amides is 1. The van der Waals surface area contributed by atoms with Crippen LogP contribution in [0.25, 0.3) is 0 Å². The van der Waals surface area contributed by atoms with E-state index in [0.29, 0.717) is 43.9 Å². The highest BCUT2D eigenvalue weighted by molar-refractivity contribution is 7.89. The molecule has 0 bridgehead atoms. The number of pyridine rings is 1. The molecule has 0 spiro atoms. The number of nitrogens with zero attached hydrogens (tertiary/aromatic N) is 2. The first-order chi connectivity index (χ1) is 13.0. The van der Waals surface area contributed by atoms with Gasteiger partial charge in [-0.2, -0.15) is 4.31 Å². The quantitative estimate of drug-likeness (QED) is 0.797. The number of hydrogen-bond acceptors (Lipinski definition) is 4. The van der Waals surface area contributed by atoms with Crippen molar-refractivity contribution in [3.05, 3.63) is 59.4 Å². The summed E-state index contributed by atoms with van der Waals surface area (Å²) in [6, 6.07) is 10.7. The Kier molecular flexibility index (Phi) is 6.46. The summed E-state index contributed by atoms with van der Waals surface area (Å²) in [7, 11) is -3.54. The fraction of sp³-hybridized carbons (Fsp3) is 0.368. The lowest BCUT2D eigenvalue weighted by molar-refractivity contribution is -0.126. The third-order valence-electron chi connectivity index (χ3n) is 4.70. The van der Waals surface area contributed by atoms with Gasteiger partial charge < -0.3 is 5.32 Å². The lowest BCUT2D eigenvalue weighted by Gasteiger charge is -2.30. The van der Waals surface area contributed by atoms with Crippen molar-refractivity contribution in [1.82, 2.24) is 14.6 Å². The maximum absolute atomic E-state index is 12.6. The van der Waals surface area contributed by atoms with Crippen molar-refractivity contribution in [3.63, 3.8) is 0 Å². The summed E-state index contributed by atoms with van der Waals surface area (Å²) in [5, 5.41) is 3.63. The second kappa shape index (κ2) is 8.82. The molecule has 1 aliphatic heterocycles. The first kappa shape index (κ1) is 19.8. The van der Waals surface area contributed by atoms with Gasteiger partial charge in [-0.1, -0.05) is 23.7 Å². The van der Waals surface area contributed by atoms with Crippen molar-refractivity contribution in [2.24, 2.45) is 5.92 Å². The molecule has 1 aromatic carbocycles. The maximum Gasteiger partial charge on any atom is 0.244 e. The van der Waals surface area contributed by atoms with Gasteiger partial charge in [-0.05, 0) is 49.1 Å². The molecule has 0 unspecified atom stereocenters. The Hall–Kier alpha value is -1.96. The molecule has 0 aliphatic carbocycles. The molecule has 0 saturated carbocycles. The van der Waals surface area contributed by atoms with Crippen molar-refractivity contribution in [1.29, 1.82) is 0 Å². The molecule has 1 aromatic heterocycles. The number of carbonyl (C=O) groups is 1. The van der Waals surface area contributed by atoms with Crippen LogP contribution < -0.4 is 5.32 Å². The number of hydrogen-bond donors (Lipinski definition) is 1. The van der Waals surface area contributed by atoms with E-state index in [2.05, 4.69) is 10.3 Å². The summed E-state index contributed by atoms with van der Waals surface area (Å²) in [5.74, 6) is -0.180. The van der Waals surface area contributed by atoms with E-state index in [1.54, 1.807) is 12.3 Å². The number of benzene rings is 1. The van der Waals surface area contributed by atoms with Gasteiger partial charge in [-0.15, -0.1) is 0 Å². The number of piperidine rings is 1. The average Bonchev–Trinajstić information content (AvgIpc) is 2.69. The predicted molar refractivity (Wildman–Crippen MR) is 104 cm³/mol. The highest BCUT2D eigenvalue weighted by Gasteiger charge is 2.32. The first-order valence-electron chi connectivity index (χ1n) is 8.89. The average molecular weight is 408 g/mol. The van der Waals surface area contributed by atoms with Gasteiger partial charge >= 0.3 is 0 Å². The Balaban J connectivity index is 1.48. The number of aromatic nitrogens is 1. The van der Waals surface area contributed by atoms with Gasteiger partial charge in [-0.3, -0.25) is 9.78 Å². The fourth-order valence-electron chi connectivity index (χ4n) is 3.17.